The molecule has 0 radical (unpaired) electrons. The lowest BCUT2D eigenvalue weighted by Crippen LogP contribution is -2.39. The topological polar surface area (TPSA) is 58.6 Å². The van der Waals surface area contributed by atoms with E-state index in [1.165, 1.54) is 12.1 Å². The van der Waals surface area contributed by atoms with Crippen LogP contribution in [0.1, 0.15) is 41.6 Å². The predicted molar refractivity (Wildman–Crippen MR) is 107 cm³/mol. The molecule has 2 aromatic carbocycles. The van der Waals surface area contributed by atoms with Gasteiger partial charge in [-0.25, -0.2) is 4.39 Å². The Kier molecular flexibility index (Phi) is 5.79. The number of nitrogens with one attached hydrogen (secondary N) is 1. The number of rotatable bonds is 7. The molecule has 2 aromatic rings. The molecule has 2 fully saturated rings. The molecule has 0 aromatic heterocycles. The van der Waals surface area contributed by atoms with Crippen molar-refractivity contribution in [1.82, 2.24) is 10.2 Å². The lowest BCUT2D eigenvalue weighted by atomic mass is 10.1. The van der Waals surface area contributed by atoms with Crippen LogP contribution in [-0.4, -0.2) is 41.9 Å². The van der Waals surface area contributed by atoms with Crippen molar-refractivity contribution in [2.24, 2.45) is 0 Å². The zero-order chi connectivity index (χ0) is 20.2. The van der Waals surface area contributed by atoms with Gasteiger partial charge in [-0.3, -0.25) is 9.59 Å². The Bertz CT molecular complexity index is 863. The van der Waals surface area contributed by atoms with Crippen LogP contribution in [0.5, 0.6) is 5.75 Å². The van der Waals surface area contributed by atoms with E-state index in [0.717, 1.165) is 31.2 Å². The van der Waals surface area contributed by atoms with Gasteiger partial charge < -0.3 is 15.0 Å². The number of hydrogen-bond acceptors (Lipinski definition) is 3. The third-order valence-electron chi connectivity index (χ3n) is 5.44. The van der Waals surface area contributed by atoms with Gasteiger partial charge >= 0.3 is 0 Å². The molecule has 1 N–H and O–H groups in total. The van der Waals surface area contributed by atoms with Crippen LogP contribution in [0.4, 0.5) is 4.39 Å². The summed E-state index contributed by atoms with van der Waals surface area (Å²) in [6.07, 6.45) is 4.23. The smallest absolute Gasteiger partial charge is 0.251 e. The van der Waals surface area contributed by atoms with Gasteiger partial charge in [0, 0.05) is 18.2 Å². The van der Waals surface area contributed by atoms with Gasteiger partial charge in [-0.1, -0.05) is 12.1 Å². The molecule has 152 valence electrons. The van der Waals surface area contributed by atoms with Crippen LogP contribution in [0, 0.1) is 5.82 Å². The Morgan fingerprint density at radius 3 is 2.45 bits per heavy atom. The highest BCUT2D eigenvalue weighted by atomic mass is 19.1. The first-order valence-electron chi connectivity index (χ1n) is 10.2. The van der Waals surface area contributed by atoms with E-state index >= 15 is 0 Å². The second-order valence-corrected chi connectivity index (χ2v) is 7.77. The van der Waals surface area contributed by atoms with Crippen LogP contribution >= 0.6 is 0 Å². The summed E-state index contributed by atoms with van der Waals surface area (Å²) in [7, 11) is 0. The van der Waals surface area contributed by atoms with E-state index in [-0.39, 0.29) is 30.1 Å². The van der Waals surface area contributed by atoms with Crippen LogP contribution in [0.25, 0.3) is 0 Å². The summed E-state index contributed by atoms with van der Waals surface area (Å²) in [5.74, 6) is 0.373. The number of likely N-dealkylation sites (tertiary alicyclic amines) is 1. The minimum absolute atomic E-state index is 0.0285. The fraction of sp³-hybridized carbons (Fsp3) is 0.391. The van der Waals surface area contributed by atoms with Crippen molar-refractivity contribution in [2.75, 3.05) is 13.2 Å². The summed E-state index contributed by atoms with van der Waals surface area (Å²) in [4.78, 5) is 26.6. The van der Waals surface area contributed by atoms with E-state index in [0.29, 0.717) is 30.5 Å². The molecule has 2 aliphatic rings. The number of hydrogen-bond donors (Lipinski definition) is 1. The van der Waals surface area contributed by atoms with Gasteiger partial charge in [0.25, 0.3) is 5.91 Å². The van der Waals surface area contributed by atoms with Crippen molar-refractivity contribution < 1.29 is 18.7 Å². The molecule has 1 aliphatic carbocycles. The van der Waals surface area contributed by atoms with Crippen LogP contribution < -0.4 is 10.1 Å². The van der Waals surface area contributed by atoms with Crippen LogP contribution in [0.15, 0.2) is 48.5 Å². The van der Waals surface area contributed by atoms with Gasteiger partial charge in [-0.15, -0.1) is 0 Å². The Balaban J connectivity index is 1.29. The Hall–Kier alpha value is -2.89. The molecule has 0 spiro atoms. The van der Waals surface area contributed by atoms with Gasteiger partial charge in [0.1, 0.15) is 18.2 Å². The summed E-state index contributed by atoms with van der Waals surface area (Å²) >= 11 is 0. The molecule has 5 nitrogen and oxygen atoms in total. The second-order valence-electron chi connectivity index (χ2n) is 7.77. The van der Waals surface area contributed by atoms with Gasteiger partial charge in [0.15, 0.2) is 0 Å². The normalized spacial score (nSPS) is 18.5. The summed E-state index contributed by atoms with van der Waals surface area (Å²) in [6.45, 7) is 1.14. The summed E-state index contributed by atoms with van der Waals surface area (Å²) in [5, 5.41) is 2.96. The lowest BCUT2D eigenvalue weighted by molar-refractivity contribution is -0.131. The van der Waals surface area contributed by atoms with E-state index in [1.807, 2.05) is 4.90 Å². The Morgan fingerprint density at radius 1 is 1.03 bits per heavy atom. The van der Waals surface area contributed by atoms with E-state index in [4.69, 9.17) is 4.74 Å². The fourth-order valence-corrected chi connectivity index (χ4v) is 3.61. The number of amides is 2. The number of nitrogens with zero attached hydrogens (tertiary/aromatic N) is 1. The molecule has 4 rings (SSSR count). The Morgan fingerprint density at radius 2 is 1.76 bits per heavy atom. The minimum atomic E-state index is -0.301. The number of carbonyl (C=O) groups excluding carboxylic acids is 2. The van der Waals surface area contributed by atoms with E-state index < -0.39 is 0 Å². The van der Waals surface area contributed by atoms with Crippen molar-refractivity contribution in [1.29, 1.82) is 0 Å². The molecule has 2 amide bonds. The quantitative estimate of drug-likeness (QED) is 0.781. The fourth-order valence-electron chi connectivity index (χ4n) is 3.61. The maximum Gasteiger partial charge on any atom is 0.251 e. The van der Waals surface area contributed by atoms with E-state index in [1.54, 1.807) is 36.4 Å². The summed E-state index contributed by atoms with van der Waals surface area (Å²) < 4.78 is 18.9. The molecule has 1 atom stereocenters. The van der Waals surface area contributed by atoms with Crippen LogP contribution in [0.2, 0.25) is 0 Å². The zero-order valence-corrected chi connectivity index (χ0v) is 16.3. The van der Waals surface area contributed by atoms with Crippen molar-refractivity contribution >= 4 is 11.8 Å². The average Bonchev–Trinajstić information content (AvgIpc) is 3.41. The SMILES string of the molecule is O=C(NC1CC1)c1ccc(OC[C@H]2CCCN2C(=O)Cc2ccc(F)cc2)cc1. The monoisotopic (exact) mass is 396 g/mol. The number of ether oxygens (including phenoxy) is 1. The number of halogens is 1. The first-order valence-corrected chi connectivity index (χ1v) is 10.2. The summed E-state index contributed by atoms with van der Waals surface area (Å²) in [6, 6.07) is 13.5. The van der Waals surface area contributed by atoms with Gasteiger partial charge in [0.2, 0.25) is 5.91 Å². The molecule has 29 heavy (non-hydrogen) atoms. The molecular formula is C23H25FN2O3. The van der Waals surface area contributed by atoms with Gasteiger partial charge in [-0.05, 0) is 67.6 Å². The molecule has 1 aliphatic heterocycles. The predicted octanol–water partition coefficient (Wildman–Crippen LogP) is 3.33. The third-order valence-corrected chi connectivity index (χ3v) is 5.44. The van der Waals surface area contributed by atoms with E-state index in [9.17, 15) is 14.0 Å². The molecular weight excluding hydrogens is 371 g/mol. The largest absolute Gasteiger partial charge is 0.491 e. The molecule has 1 saturated carbocycles. The lowest BCUT2D eigenvalue weighted by Gasteiger charge is -2.25. The van der Waals surface area contributed by atoms with Crippen molar-refractivity contribution in [3.05, 3.63) is 65.5 Å². The zero-order valence-electron chi connectivity index (χ0n) is 16.3. The van der Waals surface area contributed by atoms with E-state index in [2.05, 4.69) is 5.32 Å². The standard InChI is InChI=1S/C23H25FN2O3/c24-18-7-3-16(4-8-18)14-22(27)26-13-1-2-20(26)15-29-21-11-5-17(6-12-21)23(28)25-19-9-10-19/h3-8,11-12,19-20H,1-2,9-10,13-15H2,(H,25,28)/t20-/m1/s1. The molecule has 0 unspecified atom stereocenters. The minimum Gasteiger partial charge on any atom is -0.491 e. The van der Waals surface area contributed by atoms with Crippen LogP contribution in [-0.2, 0) is 11.2 Å². The maximum atomic E-state index is 13.0. The number of benzene rings is 2. The number of carbonyl (C=O) groups is 2. The molecule has 0 bridgehead atoms. The summed E-state index contributed by atoms with van der Waals surface area (Å²) in [5.41, 5.74) is 1.43. The van der Waals surface area contributed by atoms with Crippen molar-refractivity contribution in [3.8, 4) is 5.75 Å². The Labute approximate surface area is 169 Å². The first kappa shape index (κ1) is 19.4. The van der Waals surface area contributed by atoms with Crippen molar-refractivity contribution in [2.45, 2.75) is 44.2 Å². The van der Waals surface area contributed by atoms with Gasteiger partial charge in [0.05, 0.1) is 12.5 Å². The highest BCUT2D eigenvalue weighted by molar-refractivity contribution is 5.94. The molecule has 6 heteroatoms. The molecule has 1 saturated heterocycles. The van der Waals surface area contributed by atoms with Crippen molar-refractivity contribution in [3.63, 3.8) is 0 Å². The first-order chi connectivity index (χ1) is 14.1. The second kappa shape index (κ2) is 8.64. The molecule has 1 heterocycles. The highest BCUT2D eigenvalue weighted by Crippen LogP contribution is 2.22. The highest BCUT2D eigenvalue weighted by Gasteiger charge is 2.29. The van der Waals surface area contributed by atoms with Gasteiger partial charge in [-0.2, -0.15) is 0 Å². The average molecular weight is 396 g/mol. The van der Waals surface area contributed by atoms with Crippen LogP contribution in [0.3, 0.4) is 0 Å². The maximum absolute atomic E-state index is 13.0. The third kappa shape index (κ3) is 5.13.